The van der Waals surface area contributed by atoms with E-state index in [1.54, 1.807) is 30.1 Å². The van der Waals surface area contributed by atoms with Crippen molar-refractivity contribution in [3.8, 4) is 17.3 Å². The number of anilines is 1. The maximum atomic E-state index is 6.13. The Hall–Kier alpha value is -3.13. The second-order valence-electron chi connectivity index (χ2n) is 6.75. The SMILES string of the molecule is COc1ccc2ncc(-c3cc4c(N5CCN[C@H](C)C5)nccc4o3)n2n1. The van der Waals surface area contributed by atoms with Gasteiger partial charge in [0.2, 0.25) is 5.88 Å². The number of nitrogens with zero attached hydrogens (tertiary/aromatic N) is 5. The number of nitrogens with one attached hydrogen (secondary N) is 1. The Morgan fingerprint density at radius 2 is 2.19 bits per heavy atom. The quantitative estimate of drug-likeness (QED) is 0.598. The standard InChI is InChI=1S/C19H20N6O2/c1-12-11-24(8-7-20-12)19-13-9-16(27-15(13)5-6-21-19)14-10-22-17-3-4-18(26-2)23-25(14)17/h3-6,9-10,12,20H,7-8,11H2,1-2H3/t12-/m1/s1. The van der Waals surface area contributed by atoms with E-state index in [1.807, 2.05) is 18.2 Å². The molecule has 1 fully saturated rings. The number of imidazole rings is 1. The average molecular weight is 364 g/mol. The van der Waals surface area contributed by atoms with Crippen LogP contribution < -0.4 is 15.0 Å². The molecule has 27 heavy (non-hydrogen) atoms. The molecule has 0 saturated carbocycles. The van der Waals surface area contributed by atoms with Gasteiger partial charge in [0.05, 0.1) is 18.7 Å². The smallest absolute Gasteiger partial charge is 0.231 e. The average Bonchev–Trinajstić information content (AvgIpc) is 3.30. The highest BCUT2D eigenvalue weighted by Gasteiger charge is 2.21. The molecule has 4 aromatic rings. The summed E-state index contributed by atoms with van der Waals surface area (Å²) < 4.78 is 13.1. The molecule has 5 rings (SSSR count). The Balaban J connectivity index is 1.62. The van der Waals surface area contributed by atoms with Crippen LogP contribution in [0.4, 0.5) is 5.82 Å². The number of aromatic nitrogens is 4. The van der Waals surface area contributed by atoms with Crippen molar-refractivity contribution in [1.82, 2.24) is 24.9 Å². The first-order valence-corrected chi connectivity index (χ1v) is 8.99. The second-order valence-corrected chi connectivity index (χ2v) is 6.75. The summed E-state index contributed by atoms with van der Waals surface area (Å²) in [5.74, 6) is 2.18. The molecule has 0 unspecified atom stereocenters. The first-order chi connectivity index (χ1) is 13.2. The van der Waals surface area contributed by atoms with Gasteiger partial charge in [0, 0.05) is 37.9 Å². The Bertz CT molecular complexity index is 1120. The van der Waals surface area contributed by atoms with Crippen molar-refractivity contribution in [3.63, 3.8) is 0 Å². The molecule has 0 spiro atoms. The van der Waals surface area contributed by atoms with Crippen LogP contribution in [-0.2, 0) is 0 Å². The maximum absolute atomic E-state index is 6.13. The Kier molecular flexibility index (Phi) is 3.71. The number of hydrogen-bond acceptors (Lipinski definition) is 7. The van der Waals surface area contributed by atoms with E-state index in [-0.39, 0.29) is 0 Å². The number of pyridine rings is 1. The van der Waals surface area contributed by atoms with E-state index in [4.69, 9.17) is 9.15 Å². The van der Waals surface area contributed by atoms with Gasteiger partial charge in [-0.25, -0.2) is 14.5 Å². The van der Waals surface area contributed by atoms with Crippen molar-refractivity contribution in [2.24, 2.45) is 0 Å². The van der Waals surface area contributed by atoms with Gasteiger partial charge in [-0.15, -0.1) is 5.10 Å². The Morgan fingerprint density at radius 1 is 1.26 bits per heavy atom. The van der Waals surface area contributed by atoms with Gasteiger partial charge in [-0.2, -0.15) is 0 Å². The van der Waals surface area contributed by atoms with Crippen LogP contribution in [0, 0.1) is 0 Å². The molecule has 1 aliphatic rings. The molecule has 138 valence electrons. The number of rotatable bonds is 3. The molecule has 1 N–H and O–H groups in total. The van der Waals surface area contributed by atoms with Crippen LogP contribution in [0.2, 0.25) is 0 Å². The van der Waals surface area contributed by atoms with Crippen molar-refractivity contribution in [3.05, 3.63) is 36.7 Å². The van der Waals surface area contributed by atoms with E-state index >= 15 is 0 Å². The summed E-state index contributed by atoms with van der Waals surface area (Å²) >= 11 is 0. The van der Waals surface area contributed by atoms with Crippen molar-refractivity contribution < 1.29 is 9.15 Å². The zero-order valence-corrected chi connectivity index (χ0v) is 15.2. The van der Waals surface area contributed by atoms with Crippen LogP contribution in [-0.4, -0.2) is 52.4 Å². The lowest BCUT2D eigenvalue weighted by atomic mass is 10.2. The predicted octanol–water partition coefficient (Wildman–Crippen LogP) is 2.34. The minimum absolute atomic E-state index is 0.428. The van der Waals surface area contributed by atoms with Crippen LogP contribution in [0.1, 0.15) is 6.92 Å². The molecule has 4 aromatic heterocycles. The summed E-state index contributed by atoms with van der Waals surface area (Å²) in [4.78, 5) is 11.3. The monoisotopic (exact) mass is 364 g/mol. The fourth-order valence-electron chi connectivity index (χ4n) is 3.59. The van der Waals surface area contributed by atoms with Crippen LogP contribution in [0.25, 0.3) is 28.1 Å². The lowest BCUT2D eigenvalue weighted by Crippen LogP contribution is -2.49. The molecule has 8 heteroatoms. The first-order valence-electron chi connectivity index (χ1n) is 8.99. The summed E-state index contributed by atoms with van der Waals surface area (Å²) in [6.45, 7) is 4.97. The van der Waals surface area contributed by atoms with Crippen LogP contribution in [0.15, 0.2) is 41.1 Å². The second kappa shape index (κ2) is 6.24. The van der Waals surface area contributed by atoms with Gasteiger partial charge in [0.25, 0.3) is 0 Å². The third-order valence-corrected chi connectivity index (χ3v) is 4.89. The largest absolute Gasteiger partial charge is 0.480 e. The fourth-order valence-corrected chi connectivity index (χ4v) is 3.59. The third kappa shape index (κ3) is 2.69. The number of hydrogen-bond donors (Lipinski definition) is 1. The summed E-state index contributed by atoms with van der Waals surface area (Å²) in [6, 6.07) is 8.00. The van der Waals surface area contributed by atoms with Crippen LogP contribution in [0.5, 0.6) is 5.88 Å². The third-order valence-electron chi connectivity index (χ3n) is 4.89. The lowest BCUT2D eigenvalue weighted by Gasteiger charge is -2.32. The van der Waals surface area contributed by atoms with E-state index in [0.717, 1.165) is 47.8 Å². The van der Waals surface area contributed by atoms with Gasteiger partial charge >= 0.3 is 0 Å². The van der Waals surface area contributed by atoms with Crippen molar-refractivity contribution in [2.75, 3.05) is 31.6 Å². The Labute approximate surface area is 155 Å². The van der Waals surface area contributed by atoms with Crippen LogP contribution >= 0.6 is 0 Å². The van der Waals surface area contributed by atoms with Gasteiger partial charge in [-0.05, 0) is 25.1 Å². The number of ether oxygens (including phenoxy) is 1. The zero-order valence-electron chi connectivity index (χ0n) is 15.2. The predicted molar refractivity (Wildman–Crippen MR) is 102 cm³/mol. The van der Waals surface area contributed by atoms with E-state index < -0.39 is 0 Å². The van der Waals surface area contributed by atoms with E-state index in [0.29, 0.717) is 17.7 Å². The van der Waals surface area contributed by atoms with Crippen molar-refractivity contribution >= 4 is 22.4 Å². The summed E-state index contributed by atoms with van der Waals surface area (Å²) in [6.07, 6.45) is 3.56. The number of furan rings is 1. The molecular formula is C19H20N6O2. The highest BCUT2D eigenvalue weighted by atomic mass is 16.5. The molecule has 0 aliphatic carbocycles. The van der Waals surface area contributed by atoms with E-state index in [1.165, 1.54) is 0 Å². The maximum Gasteiger partial charge on any atom is 0.231 e. The van der Waals surface area contributed by atoms with Crippen LogP contribution in [0.3, 0.4) is 0 Å². The number of methoxy groups -OCH3 is 1. The van der Waals surface area contributed by atoms with E-state index in [2.05, 4.69) is 32.2 Å². The van der Waals surface area contributed by atoms with Gasteiger partial charge in [0.1, 0.15) is 17.1 Å². The van der Waals surface area contributed by atoms with E-state index in [9.17, 15) is 0 Å². The van der Waals surface area contributed by atoms with Crippen molar-refractivity contribution in [1.29, 1.82) is 0 Å². The molecule has 0 radical (unpaired) electrons. The van der Waals surface area contributed by atoms with Gasteiger partial charge in [0.15, 0.2) is 11.4 Å². The summed E-state index contributed by atoms with van der Waals surface area (Å²) in [5.41, 5.74) is 2.32. The summed E-state index contributed by atoms with van der Waals surface area (Å²) in [7, 11) is 1.60. The number of piperazine rings is 1. The highest BCUT2D eigenvalue weighted by molar-refractivity contribution is 5.92. The van der Waals surface area contributed by atoms with Gasteiger partial charge in [-0.3, -0.25) is 0 Å². The molecule has 0 bridgehead atoms. The lowest BCUT2D eigenvalue weighted by molar-refractivity contribution is 0.390. The minimum atomic E-state index is 0.428. The van der Waals surface area contributed by atoms with Gasteiger partial charge in [-0.1, -0.05) is 0 Å². The van der Waals surface area contributed by atoms with Crippen molar-refractivity contribution in [2.45, 2.75) is 13.0 Å². The summed E-state index contributed by atoms with van der Waals surface area (Å²) in [5, 5.41) is 8.92. The Morgan fingerprint density at radius 3 is 3.04 bits per heavy atom. The molecule has 5 heterocycles. The molecule has 0 aromatic carbocycles. The number of fused-ring (bicyclic) bond motifs is 2. The normalized spacial score (nSPS) is 17.7. The molecular weight excluding hydrogens is 344 g/mol. The fraction of sp³-hybridized carbons (Fsp3) is 0.316. The minimum Gasteiger partial charge on any atom is -0.480 e. The molecule has 8 nitrogen and oxygen atoms in total. The van der Waals surface area contributed by atoms with Gasteiger partial charge < -0.3 is 19.4 Å². The molecule has 1 saturated heterocycles. The topological polar surface area (TPSA) is 80.7 Å². The molecule has 1 aliphatic heterocycles. The highest BCUT2D eigenvalue weighted by Crippen LogP contribution is 2.33. The zero-order chi connectivity index (χ0) is 18.4. The first kappa shape index (κ1) is 16.1. The molecule has 0 amide bonds. The molecule has 1 atom stereocenters.